The molecule has 8 heteroatoms. The number of imidazole rings is 1. The van der Waals surface area contributed by atoms with E-state index in [1.165, 1.54) is 6.33 Å². The molecule has 8 nitrogen and oxygen atoms in total. The molecule has 2 N–H and O–H groups in total. The van der Waals surface area contributed by atoms with Gasteiger partial charge in [0, 0.05) is 31.5 Å². The van der Waals surface area contributed by atoms with Gasteiger partial charge in [0.25, 0.3) is 0 Å². The molecule has 0 spiro atoms. The fourth-order valence-electron chi connectivity index (χ4n) is 2.58. The highest BCUT2D eigenvalue weighted by atomic mass is 16.5. The molecule has 0 atom stereocenters. The van der Waals surface area contributed by atoms with E-state index >= 15 is 0 Å². The number of carbonyl (C=O) groups is 1. The quantitative estimate of drug-likeness (QED) is 0.590. The summed E-state index contributed by atoms with van der Waals surface area (Å²) < 4.78 is 6.99. The van der Waals surface area contributed by atoms with Gasteiger partial charge in [-0.25, -0.2) is 15.0 Å². The second-order valence-corrected chi connectivity index (χ2v) is 5.91. The van der Waals surface area contributed by atoms with Gasteiger partial charge < -0.3 is 15.4 Å². The highest BCUT2D eigenvalue weighted by Crippen LogP contribution is 2.12. The molecule has 0 aliphatic carbocycles. The van der Waals surface area contributed by atoms with Crippen LogP contribution in [0.5, 0.6) is 5.75 Å². The third-order valence-electron chi connectivity index (χ3n) is 4.00. The average Bonchev–Trinajstić information content (AvgIpc) is 3.12. The van der Waals surface area contributed by atoms with E-state index in [-0.39, 0.29) is 5.91 Å². The zero-order chi connectivity index (χ0) is 19.1. The van der Waals surface area contributed by atoms with Crippen molar-refractivity contribution in [2.45, 2.75) is 13.3 Å². The van der Waals surface area contributed by atoms with Gasteiger partial charge in [0.05, 0.1) is 13.5 Å². The lowest BCUT2D eigenvalue weighted by Crippen LogP contribution is -2.30. The molecule has 0 saturated carbocycles. The highest BCUT2D eigenvalue weighted by molar-refractivity contribution is 5.78. The van der Waals surface area contributed by atoms with Crippen molar-refractivity contribution in [2.75, 3.05) is 25.5 Å². The van der Waals surface area contributed by atoms with Crippen molar-refractivity contribution in [1.82, 2.24) is 24.8 Å². The third kappa shape index (κ3) is 5.04. The van der Waals surface area contributed by atoms with E-state index in [0.717, 1.165) is 23.0 Å². The fraction of sp³-hybridized carbons (Fsp3) is 0.263. The average molecular weight is 366 g/mol. The van der Waals surface area contributed by atoms with Crippen LogP contribution >= 0.6 is 0 Å². The number of benzene rings is 1. The van der Waals surface area contributed by atoms with Crippen LogP contribution in [0.1, 0.15) is 11.4 Å². The molecule has 0 radical (unpaired) electrons. The number of nitrogens with zero attached hydrogens (tertiary/aromatic N) is 4. The van der Waals surface area contributed by atoms with E-state index in [4.69, 9.17) is 4.74 Å². The molecule has 0 unspecified atom stereocenters. The molecular formula is C19H22N6O2. The Kier molecular flexibility index (Phi) is 5.98. The molecule has 0 aliphatic rings. The van der Waals surface area contributed by atoms with Crippen molar-refractivity contribution in [3.8, 4) is 11.6 Å². The van der Waals surface area contributed by atoms with Crippen LogP contribution in [-0.4, -0.2) is 45.6 Å². The first-order valence-electron chi connectivity index (χ1n) is 8.61. The molecule has 3 rings (SSSR count). The van der Waals surface area contributed by atoms with Gasteiger partial charge >= 0.3 is 0 Å². The summed E-state index contributed by atoms with van der Waals surface area (Å²) in [5, 5.41) is 6.07. The predicted molar refractivity (Wildman–Crippen MR) is 102 cm³/mol. The van der Waals surface area contributed by atoms with E-state index in [0.29, 0.717) is 25.3 Å². The van der Waals surface area contributed by atoms with Crippen molar-refractivity contribution in [1.29, 1.82) is 0 Å². The van der Waals surface area contributed by atoms with Crippen molar-refractivity contribution in [3.63, 3.8) is 0 Å². The summed E-state index contributed by atoms with van der Waals surface area (Å²) in [6, 6.07) is 9.31. The molecule has 0 aliphatic heterocycles. The lowest BCUT2D eigenvalue weighted by Gasteiger charge is -2.09. The lowest BCUT2D eigenvalue weighted by atomic mass is 10.1. The smallest absolute Gasteiger partial charge is 0.224 e. The van der Waals surface area contributed by atoms with Gasteiger partial charge in [0.1, 0.15) is 29.5 Å². The Labute approximate surface area is 157 Å². The number of aryl methyl sites for hydroxylation is 1. The second-order valence-electron chi connectivity index (χ2n) is 5.91. The SMILES string of the molecule is COc1ccc(CC(=O)NCCNc2cc(-n3ccnc3C)ncn2)cc1. The maximum Gasteiger partial charge on any atom is 0.224 e. The Morgan fingerprint density at radius 1 is 1.15 bits per heavy atom. The minimum Gasteiger partial charge on any atom is -0.497 e. The van der Waals surface area contributed by atoms with E-state index < -0.39 is 0 Å². The first kappa shape index (κ1) is 18.4. The summed E-state index contributed by atoms with van der Waals surface area (Å²) >= 11 is 0. The van der Waals surface area contributed by atoms with Crippen LogP contribution in [-0.2, 0) is 11.2 Å². The van der Waals surface area contributed by atoms with Crippen LogP contribution in [0.15, 0.2) is 49.1 Å². The maximum absolute atomic E-state index is 12.0. The fourth-order valence-corrected chi connectivity index (χ4v) is 2.58. The van der Waals surface area contributed by atoms with Crippen molar-refractivity contribution < 1.29 is 9.53 Å². The molecule has 1 amide bonds. The number of anilines is 1. The van der Waals surface area contributed by atoms with E-state index in [1.54, 1.807) is 13.3 Å². The van der Waals surface area contributed by atoms with Crippen molar-refractivity contribution in [3.05, 3.63) is 60.4 Å². The standard InChI is InChI=1S/C19H22N6O2/c1-14-20-9-10-25(14)18-12-17(23-13-24-18)21-7-8-22-19(26)11-15-3-5-16(27-2)6-4-15/h3-6,9-10,12-13H,7-8,11H2,1-2H3,(H,22,26)(H,21,23,24). The predicted octanol–water partition coefficient (Wildman–Crippen LogP) is 1.75. The summed E-state index contributed by atoms with van der Waals surface area (Å²) in [6.45, 7) is 2.97. The van der Waals surface area contributed by atoms with Crippen LogP contribution in [0.4, 0.5) is 5.82 Å². The number of methoxy groups -OCH3 is 1. The Balaban J connectivity index is 1.44. The first-order valence-corrected chi connectivity index (χ1v) is 8.61. The van der Waals surface area contributed by atoms with E-state index in [9.17, 15) is 4.79 Å². The monoisotopic (exact) mass is 366 g/mol. The molecule has 0 saturated heterocycles. The summed E-state index contributed by atoms with van der Waals surface area (Å²) in [4.78, 5) is 24.7. The number of ether oxygens (including phenoxy) is 1. The Bertz CT molecular complexity index is 891. The molecule has 2 heterocycles. The van der Waals surface area contributed by atoms with Gasteiger partial charge in [0.2, 0.25) is 5.91 Å². The normalized spacial score (nSPS) is 10.4. The number of amides is 1. The van der Waals surface area contributed by atoms with Crippen molar-refractivity contribution in [2.24, 2.45) is 0 Å². The van der Waals surface area contributed by atoms with Crippen LogP contribution in [0.3, 0.4) is 0 Å². The summed E-state index contributed by atoms with van der Waals surface area (Å²) in [5.41, 5.74) is 0.942. The highest BCUT2D eigenvalue weighted by Gasteiger charge is 2.05. The Morgan fingerprint density at radius 2 is 1.96 bits per heavy atom. The number of nitrogens with one attached hydrogen (secondary N) is 2. The topological polar surface area (TPSA) is 94.0 Å². The van der Waals surface area contributed by atoms with Gasteiger partial charge in [-0.2, -0.15) is 0 Å². The number of carbonyl (C=O) groups excluding carboxylic acids is 1. The Hall–Kier alpha value is -3.42. The number of rotatable bonds is 8. The van der Waals surface area contributed by atoms with Gasteiger partial charge in [-0.15, -0.1) is 0 Å². The maximum atomic E-state index is 12.0. The second kappa shape index (κ2) is 8.79. The summed E-state index contributed by atoms with van der Waals surface area (Å²) in [7, 11) is 1.62. The molecule has 0 bridgehead atoms. The van der Waals surface area contributed by atoms with E-state index in [2.05, 4.69) is 25.6 Å². The van der Waals surface area contributed by atoms with Gasteiger partial charge in [-0.05, 0) is 24.6 Å². The third-order valence-corrected chi connectivity index (χ3v) is 4.00. The zero-order valence-electron chi connectivity index (χ0n) is 15.3. The van der Waals surface area contributed by atoms with Crippen LogP contribution in [0.25, 0.3) is 5.82 Å². The number of aromatic nitrogens is 4. The van der Waals surface area contributed by atoms with Gasteiger partial charge in [0.15, 0.2) is 0 Å². The van der Waals surface area contributed by atoms with Crippen LogP contribution < -0.4 is 15.4 Å². The molecule has 2 aromatic heterocycles. The Morgan fingerprint density at radius 3 is 2.67 bits per heavy atom. The molecular weight excluding hydrogens is 344 g/mol. The minimum absolute atomic E-state index is 0.0283. The lowest BCUT2D eigenvalue weighted by molar-refractivity contribution is -0.120. The number of hydrogen-bond donors (Lipinski definition) is 2. The molecule has 140 valence electrons. The minimum atomic E-state index is -0.0283. The van der Waals surface area contributed by atoms with Crippen molar-refractivity contribution >= 4 is 11.7 Å². The van der Waals surface area contributed by atoms with Gasteiger partial charge in [-0.3, -0.25) is 9.36 Å². The summed E-state index contributed by atoms with van der Waals surface area (Å²) in [6.07, 6.45) is 5.41. The van der Waals surface area contributed by atoms with Crippen LogP contribution in [0.2, 0.25) is 0 Å². The molecule has 3 aromatic rings. The summed E-state index contributed by atoms with van der Waals surface area (Å²) in [5.74, 6) is 3.03. The molecule has 0 fully saturated rings. The molecule has 27 heavy (non-hydrogen) atoms. The largest absolute Gasteiger partial charge is 0.497 e. The molecule has 1 aromatic carbocycles. The zero-order valence-corrected chi connectivity index (χ0v) is 15.3. The van der Waals surface area contributed by atoms with E-state index in [1.807, 2.05) is 48.0 Å². The first-order chi connectivity index (χ1) is 13.2. The number of hydrogen-bond acceptors (Lipinski definition) is 6. The van der Waals surface area contributed by atoms with Gasteiger partial charge in [-0.1, -0.05) is 12.1 Å². The van der Waals surface area contributed by atoms with Crippen LogP contribution in [0, 0.1) is 6.92 Å².